The third kappa shape index (κ3) is 3.00. The second-order valence-electron chi connectivity index (χ2n) is 3.87. The maximum Gasteiger partial charge on any atom is 0.266 e. The maximum absolute atomic E-state index is 12.3. The number of nitrogens with zero attached hydrogens (tertiary/aromatic N) is 2. The van der Waals surface area contributed by atoms with Gasteiger partial charge in [-0.25, -0.2) is 8.42 Å². The molecule has 1 aromatic heterocycles. The lowest BCUT2D eigenvalue weighted by Crippen LogP contribution is -2.15. The maximum atomic E-state index is 12.3. The van der Waals surface area contributed by atoms with E-state index in [0.717, 1.165) is 5.56 Å². The normalized spacial score (nSPS) is 11.1. The smallest absolute Gasteiger partial charge is 0.266 e. The van der Waals surface area contributed by atoms with Gasteiger partial charge in [0.05, 0.1) is 7.11 Å². The Hall–Kier alpha value is -2.15. The van der Waals surface area contributed by atoms with Crippen LogP contribution in [0.5, 0.6) is 5.75 Å². The van der Waals surface area contributed by atoms with Crippen LogP contribution in [0.4, 0.5) is 5.82 Å². The monoisotopic (exact) mass is 279 g/mol. The highest BCUT2D eigenvalue weighted by atomic mass is 32.2. The highest BCUT2D eigenvalue weighted by Crippen LogP contribution is 2.26. The van der Waals surface area contributed by atoms with Gasteiger partial charge < -0.3 is 4.74 Å². The summed E-state index contributed by atoms with van der Waals surface area (Å²) in [6, 6.07) is 8.05. The summed E-state index contributed by atoms with van der Waals surface area (Å²) in [4.78, 5) is 0.0700. The molecule has 0 aliphatic carbocycles. The van der Waals surface area contributed by atoms with Gasteiger partial charge in [-0.2, -0.15) is 5.10 Å². The predicted octanol–water partition coefficient (Wildman–Crippen LogP) is 1.59. The Labute approximate surface area is 111 Å². The SMILES string of the molecule is COc1ccc(C)cc1S(=O)(=O)Nc1cccnn1. The molecule has 100 valence electrons. The lowest BCUT2D eigenvalue weighted by Gasteiger charge is -2.11. The highest BCUT2D eigenvalue weighted by molar-refractivity contribution is 7.92. The van der Waals surface area contributed by atoms with Crippen LogP contribution >= 0.6 is 0 Å². The summed E-state index contributed by atoms with van der Waals surface area (Å²) >= 11 is 0. The van der Waals surface area contributed by atoms with Crippen LogP contribution in [0.15, 0.2) is 41.4 Å². The summed E-state index contributed by atoms with van der Waals surface area (Å²) in [5.74, 6) is 0.438. The molecule has 1 N–H and O–H groups in total. The van der Waals surface area contributed by atoms with E-state index in [0.29, 0.717) is 0 Å². The van der Waals surface area contributed by atoms with Gasteiger partial charge >= 0.3 is 0 Å². The molecule has 2 aromatic rings. The van der Waals surface area contributed by atoms with Gasteiger partial charge in [-0.3, -0.25) is 4.72 Å². The van der Waals surface area contributed by atoms with Gasteiger partial charge in [0, 0.05) is 6.20 Å². The van der Waals surface area contributed by atoms with Crippen LogP contribution in [0.3, 0.4) is 0 Å². The molecule has 0 atom stereocenters. The summed E-state index contributed by atoms with van der Waals surface area (Å²) < 4.78 is 32.0. The number of aryl methyl sites for hydroxylation is 1. The predicted molar refractivity (Wildman–Crippen MR) is 70.6 cm³/mol. The van der Waals surface area contributed by atoms with E-state index in [-0.39, 0.29) is 16.5 Å². The third-order valence-corrected chi connectivity index (χ3v) is 3.80. The van der Waals surface area contributed by atoms with Crippen LogP contribution in [0.25, 0.3) is 0 Å². The summed E-state index contributed by atoms with van der Waals surface area (Å²) in [5.41, 5.74) is 0.820. The van der Waals surface area contributed by atoms with Gasteiger partial charge in [-0.05, 0) is 36.8 Å². The van der Waals surface area contributed by atoms with Crippen LogP contribution in [0.2, 0.25) is 0 Å². The minimum atomic E-state index is -3.76. The van der Waals surface area contributed by atoms with Crippen LogP contribution in [0, 0.1) is 6.92 Å². The molecular formula is C12H13N3O3S. The fourth-order valence-corrected chi connectivity index (χ4v) is 2.79. The number of hydrogen-bond acceptors (Lipinski definition) is 5. The zero-order valence-corrected chi connectivity index (χ0v) is 11.3. The average molecular weight is 279 g/mol. The summed E-state index contributed by atoms with van der Waals surface area (Å²) in [6.45, 7) is 1.81. The molecule has 0 aliphatic rings. The number of anilines is 1. The quantitative estimate of drug-likeness (QED) is 0.919. The Kier molecular flexibility index (Phi) is 3.66. The van der Waals surface area contributed by atoms with E-state index < -0.39 is 10.0 Å². The molecule has 0 saturated carbocycles. The Morgan fingerprint density at radius 1 is 1.26 bits per heavy atom. The van der Waals surface area contributed by atoms with E-state index in [1.54, 1.807) is 25.1 Å². The first kappa shape index (κ1) is 13.3. The Bertz CT molecular complexity index is 672. The molecule has 6 nitrogen and oxygen atoms in total. The standard InChI is InChI=1S/C12H13N3O3S/c1-9-5-6-10(18-2)11(8-9)19(16,17)15-12-4-3-7-13-14-12/h3-8H,1-2H3,(H,14,15). The number of rotatable bonds is 4. The molecule has 7 heteroatoms. The molecule has 19 heavy (non-hydrogen) atoms. The van der Waals surface area contributed by atoms with Crippen molar-refractivity contribution in [2.45, 2.75) is 11.8 Å². The summed E-state index contributed by atoms with van der Waals surface area (Å²) in [7, 11) is -2.33. The van der Waals surface area contributed by atoms with Crippen molar-refractivity contribution in [2.24, 2.45) is 0 Å². The van der Waals surface area contributed by atoms with Gasteiger partial charge in [-0.15, -0.1) is 5.10 Å². The van der Waals surface area contributed by atoms with E-state index in [2.05, 4.69) is 14.9 Å². The molecule has 0 spiro atoms. The number of nitrogens with one attached hydrogen (secondary N) is 1. The molecule has 0 bridgehead atoms. The molecule has 2 rings (SSSR count). The van der Waals surface area contributed by atoms with Crippen molar-refractivity contribution in [3.63, 3.8) is 0 Å². The minimum absolute atomic E-state index is 0.0700. The van der Waals surface area contributed by atoms with Crippen LogP contribution < -0.4 is 9.46 Å². The molecule has 1 aromatic carbocycles. The summed E-state index contributed by atoms with van der Waals surface area (Å²) in [5, 5.41) is 7.30. The lowest BCUT2D eigenvalue weighted by atomic mass is 10.2. The second-order valence-corrected chi connectivity index (χ2v) is 5.52. The molecule has 0 fully saturated rings. The number of ether oxygens (including phenoxy) is 1. The topological polar surface area (TPSA) is 81.2 Å². The van der Waals surface area contributed by atoms with Gasteiger partial charge in [0.2, 0.25) is 0 Å². The average Bonchev–Trinajstić information content (AvgIpc) is 2.39. The number of hydrogen-bond donors (Lipinski definition) is 1. The molecule has 0 unspecified atom stereocenters. The minimum Gasteiger partial charge on any atom is -0.495 e. The zero-order chi connectivity index (χ0) is 13.9. The van der Waals surface area contributed by atoms with Gasteiger partial charge in [0.25, 0.3) is 10.0 Å². The first-order valence-electron chi connectivity index (χ1n) is 5.48. The largest absolute Gasteiger partial charge is 0.495 e. The first-order chi connectivity index (χ1) is 9.03. The van der Waals surface area contributed by atoms with Crippen molar-refractivity contribution in [2.75, 3.05) is 11.8 Å². The number of methoxy groups -OCH3 is 1. The lowest BCUT2D eigenvalue weighted by molar-refractivity contribution is 0.402. The number of aromatic nitrogens is 2. The molecule has 0 radical (unpaired) electrons. The van der Waals surface area contributed by atoms with E-state index >= 15 is 0 Å². The van der Waals surface area contributed by atoms with Crippen molar-refractivity contribution >= 4 is 15.8 Å². The van der Waals surface area contributed by atoms with Crippen molar-refractivity contribution in [3.8, 4) is 5.75 Å². The fourth-order valence-electron chi connectivity index (χ4n) is 1.54. The van der Waals surface area contributed by atoms with Gasteiger partial charge in [0.15, 0.2) is 5.82 Å². The molecule has 1 heterocycles. The van der Waals surface area contributed by atoms with Gasteiger partial charge in [0.1, 0.15) is 10.6 Å². The number of benzene rings is 1. The van der Waals surface area contributed by atoms with E-state index in [4.69, 9.17) is 4.74 Å². The van der Waals surface area contributed by atoms with Crippen molar-refractivity contribution in [1.82, 2.24) is 10.2 Å². The van der Waals surface area contributed by atoms with Crippen molar-refractivity contribution in [3.05, 3.63) is 42.1 Å². The van der Waals surface area contributed by atoms with Crippen LogP contribution in [0.1, 0.15) is 5.56 Å². The van der Waals surface area contributed by atoms with E-state index in [1.165, 1.54) is 25.4 Å². The highest BCUT2D eigenvalue weighted by Gasteiger charge is 2.20. The molecular weight excluding hydrogens is 266 g/mol. The summed E-state index contributed by atoms with van der Waals surface area (Å²) in [6.07, 6.45) is 1.46. The van der Waals surface area contributed by atoms with Crippen molar-refractivity contribution in [1.29, 1.82) is 0 Å². The van der Waals surface area contributed by atoms with Crippen molar-refractivity contribution < 1.29 is 13.2 Å². The Morgan fingerprint density at radius 2 is 2.05 bits per heavy atom. The second kappa shape index (κ2) is 5.23. The van der Waals surface area contributed by atoms with Crippen LogP contribution in [-0.2, 0) is 10.0 Å². The Balaban J connectivity index is 2.42. The van der Waals surface area contributed by atoms with E-state index in [9.17, 15) is 8.42 Å². The molecule has 0 amide bonds. The third-order valence-electron chi connectivity index (χ3n) is 2.42. The van der Waals surface area contributed by atoms with Crippen LogP contribution in [-0.4, -0.2) is 25.7 Å². The first-order valence-corrected chi connectivity index (χ1v) is 6.96. The fraction of sp³-hybridized carbons (Fsp3) is 0.167. The van der Waals surface area contributed by atoms with Gasteiger partial charge in [-0.1, -0.05) is 6.07 Å². The zero-order valence-electron chi connectivity index (χ0n) is 10.5. The molecule has 0 aliphatic heterocycles. The molecule has 0 saturated heterocycles. The number of sulfonamides is 1. The van der Waals surface area contributed by atoms with E-state index in [1.807, 2.05) is 0 Å². The Morgan fingerprint density at radius 3 is 2.68 bits per heavy atom.